The van der Waals surface area contributed by atoms with E-state index in [1.54, 1.807) is 6.92 Å². The second-order valence-electron chi connectivity index (χ2n) is 5.29. The van der Waals surface area contributed by atoms with E-state index >= 15 is 0 Å². The largest absolute Gasteiger partial charge is 0.432 e. The number of thiophene rings is 1. The second kappa shape index (κ2) is 7.35. The fourth-order valence-corrected chi connectivity index (χ4v) is 5.46. The summed E-state index contributed by atoms with van der Waals surface area (Å²) >= 11 is 7.79. The first-order chi connectivity index (χ1) is 12.3. The molecule has 3 rings (SSSR count). The summed E-state index contributed by atoms with van der Waals surface area (Å²) in [6.45, 7) is 1.65. The lowest BCUT2D eigenvalue weighted by Crippen LogP contribution is -2.16. The standard InChI is InChI=1S/C17H11Br2F3N2OS/c1-2-25-8-24-14(10(7-23)13(19)16(24)17(20,21)22)15-12(18)9-5-3-4-6-11(9)26-15/h3-6H,2,8H2,1H3. The highest BCUT2D eigenvalue weighted by atomic mass is 79.9. The van der Waals surface area contributed by atoms with Crippen molar-refractivity contribution < 1.29 is 17.9 Å². The zero-order valence-electron chi connectivity index (χ0n) is 13.3. The Morgan fingerprint density at radius 1 is 1.23 bits per heavy atom. The minimum absolute atomic E-state index is 0.0655. The summed E-state index contributed by atoms with van der Waals surface area (Å²) in [6.07, 6.45) is -4.64. The molecule has 0 aliphatic carbocycles. The van der Waals surface area contributed by atoms with E-state index in [2.05, 4.69) is 31.9 Å². The molecule has 9 heteroatoms. The van der Waals surface area contributed by atoms with Crippen LogP contribution in [0.1, 0.15) is 18.2 Å². The van der Waals surface area contributed by atoms with E-state index in [1.807, 2.05) is 30.3 Å². The molecular weight excluding hydrogens is 497 g/mol. The molecule has 0 saturated carbocycles. The molecule has 0 spiro atoms. The number of hydrogen-bond acceptors (Lipinski definition) is 3. The lowest BCUT2D eigenvalue weighted by atomic mass is 10.2. The van der Waals surface area contributed by atoms with E-state index < -0.39 is 11.9 Å². The maximum absolute atomic E-state index is 13.7. The minimum atomic E-state index is -4.64. The maximum Gasteiger partial charge on any atom is 0.432 e. The van der Waals surface area contributed by atoms with E-state index in [0.717, 1.165) is 14.7 Å². The van der Waals surface area contributed by atoms with Crippen molar-refractivity contribution in [1.29, 1.82) is 5.26 Å². The highest BCUT2D eigenvalue weighted by Crippen LogP contribution is 2.48. The fourth-order valence-electron chi connectivity index (χ4n) is 2.68. The van der Waals surface area contributed by atoms with Crippen molar-refractivity contribution in [2.75, 3.05) is 6.61 Å². The number of aromatic nitrogens is 1. The lowest BCUT2D eigenvalue weighted by molar-refractivity contribution is -0.146. The first-order valence-corrected chi connectivity index (χ1v) is 9.85. The van der Waals surface area contributed by atoms with Gasteiger partial charge in [-0.15, -0.1) is 11.3 Å². The van der Waals surface area contributed by atoms with Gasteiger partial charge in [0.1, 0.15) is 18.5 Å². The Morgan fingerprint density at radius 3 is 2.50 bits per heavy atom. The van der Waals surface area contributed by atoms with Crippen LogP contribution in [0.2, 0.25) is 0 Å². The van der Waals surface area contributed by atoms with Crippen LogP contribution in [0.25, 0.3) is 20.7 Å². The van der Waals surface area contributed by atoms with Crippen LogP contribution >= 0.6 is 43.2 Å². The molecule has 3 nitrogen and oxygen atoms in total. The van der Waals surface area contributed by atoms with Crippen LogP contribution in [0.15, 0.2) is 33.2 Å². The number of halogens is 5. The molecule has 2 aromatic heterocycles. The van der Waals surface area contributed by atoms with Gasteiger partial charge >= 0.3 is 6.18 Å². The topological polar surface area (TPSA) is 38.0 Å². The van der Waals surface area contributed by atoms with Gasteiger partial charge in [-0.1, -0.05) is 18.2 Å². The molecule has 0 N–H and O–H groups in total. The Labute approximate surface area is 168 Å². The van der Waals surface area contributed by atoms with Gasteiger partial charge in [0.2, 0.25) is 0 Å². The predicted molar refractivity (Wildman–Crippen MR) is 102 cm³/mol. The molecule has 3 aromatic rings. The third-order valence-electron chi connectivity index (χ3n) is 3.76. The van der Waals surface area contributed by atoms with Gasteiger partial charge in [-0.25, -0.2) is 0 Å². The van der Waals surface area contributed by atoms with Crippen molar-refractivity contribution in [1.82, 2.24) is 4.57 Å². The second-order valence-corrected chi connectivity index (χ2v) is 7.93. The zero-order chi connectivity index (χ0) is 19.1. The molecule has 0 aliphatic rings. The predicted octanol–water partition coefficient (Wildman–Crippen LogP) is 6.78. The monoisotopic (exact) mass is 506 g/mol. The highest BCUT2D eigenvalue weighted by Gasteiger charge is 2.41. The summed E-state index contributed by atoms with van der Waals surface area (Å²) in [6, 6.07) is 9.38. The van der Waals surface area contributed by atoms with Crippen molar-refractivity contribution in [3.05, 3.63) is 44.5 Å². The molecule has 26 heavy (non-hydrogen) atoms. The normalized spacial score (nSPS) is 11.9. The van der Waals surface area contributed by atoms with Crippen molar-refractivity contribution in [2.24, 2.45) is 0 Å². The number of hydrogen-bond donors (Lipinski definition) is 0. The van der Waals surface area contributed by atoms with Crippen molar-refractivity contribution in [3.63, 3.8) is 0 Å². The molecule has 0 radical (unpaired) electrons. The fraction of sp³-hybridized carbons (Fsp3) is 0.235. The van der Waals surface area contributed by atoms with E-state index in [4.69, 9.17) is 4.74 Å². The Morgan fingerprint density at radius 2 is 1.92 bits per heavy atom. The molecule has 0 aliphatic heterocycles. The van der Waals surface area contributed by atoms with E-state index in [-0.39, 0.29) is 29.1 Å². The molecule has 2 heterocycles. The van der Waals surface area contributed by atoms with Crippen LogP contribution in [0.4, 0.5) is 13.2 Å². The minimum Gasteiger partial charge on any atom is -0.361 e. The molecule has 0 saturated heterocycles. The summed E-state index contributed by atoms with van der Waals surface area (Å²) in [5, 5.41) is 10.4. The number of rotatable bonds is 4. The molecule has 136 valence electrons. The van der Waals surface area contributed by atoms with E-state index in [9.17, 15) is 18.4 Å². The van der Waals surface area contributed by atoms with Gasteiger partial charge < -0.3 is 9.30 Å². The van der Waals surface area contributed by atoms with Gasteiger partial charge in [-0.05, 0) is 44.8 Å². The van der Waals surface area contributed by atoms with Crippen LogP contribution < -0.4 is 0 Å². The Hall–Kier alpha value is -1.34. The van der Waals surface area contributed by atoms with Gasteiger partial charge in [0.05, 0.1) is 20.6 Å². The quantitative estimate of drug-likeness (QED) is 0.390. The molecule has 0 bridgehead atoms. The van der Waals surface area contributed by atoms with E-state index in [1.165, 1.54) is 11.3 Å². The summed E-state index contributed by atoms with van der Waals surface area (Å²) in [5.74, 6) is 0. The summed E-state index contributed by atoms with van der Waals surface area (Å²) in [7, 11) is 0. The number of alkyl halides is 3. The van der Waals surface area contributed by atoms with Crippen LogP contribution in [0, 0.1) is 11.3 Å². The van der Waals surface area contributed by atoms with Crippen molar-refractivity contribution in [3.8, 4) is 16.6 Å². The average molecular weight is 508 g/mol. The third kappa shape index (κ3) is 3.20. The number of nitriles is 1. The number of fused-ring (bicyclic) bond motifs is 1. The summed E-state index contributed by atoms with van der Waals surface area (Å²) < 4.78 is 48.6. The van der Waals surface area contributed by atoms with Crippen LogP contribution in [0.3, 0.4) is 0 Å². The Kier molecular flexibility index (Phi) is 5.49. The van der Waals surface area contributed by atoms with Crippen LogP contribution in [0.5, 0.6) is 0 Å². The molecule has 1 aromatic carbocycles. The summed E-state index contributed by atoms with van der Waals surface area (Å²) in [4.78, 5) is 0.554. The van der Waals surface area contributed by atoms with Gasteiger partial charge in [0.15, 0.2) is 0 Å². The van der Waals surface area contributed by atoms with Crippen LogP contribution in [-0.2, 0) is 17.6 Å². The molecule has 0 fully saturated rings. The van der Waals surface area contributed by atoms with Gasteiger partial charge in [-0.2, -0.15) is 18.4 Å². The first-order valence-electron chi connectivity index (χ1n) is 7.45. The average Bonchev–Trinajstić information content (AvgIpc) is 3.06. The van der Waals surface area contributed by atoms with Gasteiger partial charge in [-0.3, -0.25) is 0 Å². The summed E-state index contributed by atoms with van der Waals surface area (Å²) in [5.41, 5.74) is -0.806. The number of ether oxygens (including phenoxy) is 1. The third-order valence-corrected chi connectivity index (χ3v) is 6.79. The molecule has 0 unspecified atom stereocenters. The van der Waals surface area contributed by atoms with Gasteiger partial charge in [0, 0.05) is 21.2 Å². The van der Waals surface area contributed by atoms with Crippen molar-refractivity contribution in [2.45, 2.75) is 19.8 Å². The van der Waals surface area contributed by atoms with Gasteiger partial charge in [0.25, 0.3) is 0 Å². The first kappa shape index (κ1) is 19.4. The number of benzene rings is 1. The Bertz CT molecular complexity index is 1020. The van der Waals surface area contributed by atoms with Crippen molar-refractivity contribution >= 4 is 53.3 Å². The molecule has 0 atom stereocenters. The lowest BCUT2D eigenvalue weighted by Gasteiger charge is -2.15. The Balaban J connectivity index is 2.38. The van der Waals surface area contributed by atoms with E-state index in [0.29, 0.717) is 9.35 Å². The van der Waals surface area contributed by atoms with Crippen LogP contribution in [-0.4, -0.2) is 11.2 Å². The SMILES string of the molecule is CCOCn1c(-c2sc3ccccc3c2Br)c(C#N)c(Br)c1C(F)(F)F. The molecule has 0 amide bonds. The zero-order valence-corrected chi connectivity index (χ0v) is 17.3. The number of nitrogens with zero attached hydrogens (tertiary/aromatic N) is 2. The smallest absolute Gasteiger partial charge is 0.361 e. The highest BCUT2D eigenvalue weighted by molar-refractivity contribution is 9.11. The molecular formula is C17H11Br2F3N2OS. The maximum atomic E-state index is 13.7.